The van der Waals surface area contributed by atoms with Crippen LogP contribution in [0.4, 0.5) is 0 Å². The van der Waals surface area contributed by atoms with Gasteiger partial charge in [0.05, 0.1) is 13.2 Å². The molecule has 0 aliphatic carbocycles. The summed E-state index contributed by atoms with van der Waals surface area (Å²) >= 11 is 0. The Bertz CT molecular complexity index is 631. The molecule has 1 aliphatic rings. The number of rotatable bonds is 7. The lowest BCUT2D eigenvalue weighted by Crippen LogP contribution is -2.38. The summed E-state index contributed by atoms with van der Waals surface area (Å²) in [5.41, 5.74) is 0.0158. The average Bonchev–Trinajstić information content (AvgIpc) is 2.51. The number of amides is 1. The van der Waals surface area contributed by atoms with Crippen molar-refractivity contribution in [3.63, 3.8) is 0 Å². The molecule has 0 spiro atoms. The van der Waals surface area contributed by atoms with Crippen molar-refractivity contribution in [1.29, 1.82) is 0 Å². The summed E-state index contributed by atoms with van der Waals surface area (Å²) in [7, 11) is 0. The van der Waals surface area contributed by atoms with Crippen molar-refractivity contribution < 1.29 is 9.53 Å². The van der Waals surface area contributed by atoms with Crippen LogP contribution < -0.4 is 16.6 Å². The second-order valence-electron chi connectivity index (χ2n) is 5.67. The van der Waals surface area contributed by atoms with Gasteiger partial charge in [-0.25, -0.2) is 4.79 Å². The van der Waals surface area contributed by atoms with Gasteiger partial charge in [0.15, 0.2) is 0 Å². The predicted molar refractivity (Wildman–Crippen MR) is 85.6 cm³/mol. The molecular formula is C15H24N4O4. The smallest absolute Gasteiger partial charge is 0.325 e. The van der Waals surface area contributed by atoms with Crippen molar-refractivity contribution in [1.82, 2.24) is 20.2 Å². The third-order valence-corrected chi connectivity index (χ3v) is 3.93. The van der Waals surface area contributed by atoms with Crippen LogP contribution in [0.2, 0.25) is 0 Å². The number of nitrogens with one attached hydrogen (secondary N) is 3. The number of morpholine rings is 1. The van der Waals surface area contributed by atoms with Gasteiger partial charge >= 0.3 is 5.69 Å². The molecule has 2 heterocycles. The minimum atomic E-state index is -0.524. The lowest BCUT2D eigenvalue weighted by Gasteiger charge is -2.26. The molecule has 0 atom stereocenters. The van der Waals surface area contributed by atoms with Gasteiger partial charge in [0.2, 0.25) is 5.91 Å². The van der Waals surface area contributed by atoms with Gasteiger partial charge in [-0.15, -0.1) is 0 Å². The molecule has 1 aromatic rings. The van der Waals surface area contributed by atoms with Gasteiger partial charge in [-0.2, -0.15) is 0 Å². The van der Waals surface area contributed by atoms with Gasteiger partial charge in [0.1, 0.15) is 0 Å². The summed E-state index contributed by atoms with van der Waals surface area (Å²) in [4.78, 5) is 41.6. The van der Waals surface area contributed by atoms with Crippen LogP contribution in [0.15, 0.2) is 9.59 Å². The highest BCUT2D eigenvalue weighted by Gasteiger charge is 2.11. The van der Waals surface area contributed by atoms with E-state index < -0.39 is 11.2 Å². The van der Waals surface area contributed by atoms with E-state index in [1.807, 2.05) is 0 Å². The fourth-order valence-corrected chi connectivity index (χ4v) is 2.61. The van der Waals surface area contributed by atoms with Crippen molar-refractivity contribution >= 4 is 5.91 Å². The fraction of sp³-hybridized carbons (Fsp3) is 0.667. The molecule has 1 aromatic heterocycles. The maximum absolute atomic E-state index is 11.8. The maximum Gasteiger partial charge on any atom is 0.325 e. The number of ether oxygens (including phenoxy) is 1. The second kappa shape index (κ2) is 8.64. The Morgan fingerprint density at radius 3 is 2.70 bits per heavy atom. The second-order valence-corrected chi connectivity index (χ2v) is 5.67. The van der Waals surface area contributed by atoms with Crippen molar-refractivity contribution in [3.8, 4) is 0 Å². The third kappa shape index (κ3) is 5.65. The van der Waals surface area contributed by atoms with Crippen LogP contribution in [-0.4, -0.2) is 60.2 Å². The number of hydrogen-bond donors (Lipinski definition) is 3. The van der Waals surface area contributed by atoms with E-state index in [0.29, 0.717) is 24.2 Å². The minimum absolute atomic E-state index is 0.0861. The van der Waals surface area contributed by atoms with E-state index in [9.17, 15) is 14.4 Å². The third-order valence-electron chi connectivity index (χ3n) is 3.93. The first-order valence-electron chi connectivity index (χ1n) is 7.95. The average molecular weight is 324 g/mol. The molecule has 0 bridgehead atoms. The maximum atomic E-state index is 11.8. The Morgan fingerprint density at radius 2 is 2.00 bits per heavy atom. The number of aromatic nitrogens is 2. The van der Waals surface area contributed by atoms with E-state index >= 15 is 0 Å². The first kappa shape index (κ1) is 17.4. The largest absolute Gasteiger partial charge is 0.379 e. The number of hydrogen-bond acceptors (Lipinski definition) is 5. The Hall–Kier alpha value is -1.93. The Balaban J connectivity index is 1.67. The summed E-state index contributed by atoms with van der Waals surface area (Å²) in [6, 6.07) is 0. The number of carbonyl (C=O) groups is 1. The molecule has 1 saturated heterocycles. The first-order valence-corrected chi connectivity index (χ1v) is 7.95. The molecule has 0 aromatic carbocycles. The molecule has 8 heteroatoms. The van der Waals surface area contributed by atoms with Crippen LogP contribution in [0.5, 0.6) is 0 Å². The van der Waals surface area contributed by atoms with Gasteiger partial charge < -0.3 is 15.0 Å². The number of aromatic amines is 2. The SMILES string of the molecule is Cc1[nH]c(=O)[nH]c(=O)c1CCC(=O)NCCCN1CCOCC1. The molecule has 2 rings (SSSR count). The minimum Gasteiger partial charge on any atom is -0.379 e. The quantitative estimate of drug-likeness (QED) is 0.566. The number of H-pyrrole nitrogens is 2. The van der Waals surface area contributed by atoms with Gasteiger partial charge in [0, 0.05) is 37.3 Å². The van der Waals surface area contributed by atoms with Crippen molar-refractivity contribution in [2.45, 2.75) is 26.2 Å². The van der Waals surface area contributed by atoms with E-state index in [0.717, 1.165) is 39.3 Å². The highest BCUT2D eigenvalue weighted by Crippen LogP contribution is 2.00. The Morgan fingerprint density at radius 1 is 1.26 bits per heavy atom. The fourth-order valence-electron chi connectivity index (χ4n) is 2.61. The summed E-state index contributed by atoms with van der Waals surface area (Å²) in [5.74, 6) is -0.0861. The molecule has 1 amide bonds. The molecule has 8 nitrogen and oxygen atoms in total. The van der Waals surface area contributed by atoms with Crippen molar-refractivity contribution in [2.24, 2.45) is 0 Å². The highest BCUT2D eigenvalue weighted by molar-refractivity contribution is 5.76. The van der Waals surface area contributed by atoms with Gasteiger partial charge in [-0.3, -0.25) is 19.5 Å². The molecule has 3 N–H and O–H groups in total. The van der Waals surface area contributed by atoms with E-state index in [4.69, 9.17) is 4.74 Å². The zero-order chi connectivity index (χ0) is 16.7. The van der Waals surface area contributed by atoms with E-state index in [1.165, 1.54) is 0 Å². The van der Waals surface area contributed by atoms with E-state index in [2.05, 4.69) is 20.2 Å². The topological polar surface area (TPSA) is 107 Å². The van der Waals surface area contributed by atoms with E-state index in [1.54, 1.807) is 6.92 Å². The molecular weight excluding hydrogens is 300 g/mol. The van der Waals surface area contributed by atoms with Crippen LogP contribution in [0, 0.1) is 6.92 Å². The number of aryl methyl sites for hydroxylation is 1. The van der Waals surface area contributed by atoms with E-state index in [-0.39, 0.29) is 12.3 Å². The van der Waals surface area contributed by atoms with Gasteiger partial charge in [0.25, 0.3) is 5.56 Å². The van der Waals surface area contributed by atoms with Crippen LogP contribution >= 0.6 is 0 Å². The van der Waals surface area contributed by atoms with Crippen molar-refractivity contribution in [2.75, 3.05) is 39.4 Å². The molecule has 1 aliphatic heterocycles. The summed E-state index contributed by atoms with van der Waals surface area (Å²) in [6.45, 7) is 6.68. The number of nitrogens with zero attached hydrogens (tertiary/aromatic N) is 1. The van der Waals surface area contributed by atoms with Gasteiger partial charge in [-0.1, -0.05) is 0 Å². The zero-order valence-corrected chi connectivity index (χ0v) is 13.4. The predicted octanol–water partition coefficient (Wildman–Crippen LogP) is -0.857. The Kier molecular flexibility index (Phi) is 6.54. The zero-order valence-electron chi connectivity index (χ0n) is 13.4. The normalized spacial score (nSPS) is 15.5. The highest BCUT2D eigenvalue weighted by atomic mass is 16.5. The van der Waals surface area contributed by atoms with Crippen LogP contribution in [0.3, 0.4) is 0 Å². The monoisotopic (exact) mass is 324 g/mol. The first-order chi connectivity index (χ1) is 11.1. The molecule has 0 radical (unpaired) electrons. The molecule has 23 heavy (non-hydrogen) atoms. The van der Waals surface area contributed by atoms with Crippen LogP contribution in [0.25, 0.3) is 0 Å². The lowest BCUT2D eigenvalue weighted by atomic mass is 10.1. The lowest BCUT2D eigenvalue weighted by molar-refractivity contribution is -0.121. The van der Waals surface area contributed by atoms with Crippen LogP contribution in [-0.2, 0) is 16.0 Å². The summed E-state index contributed by atoms with van der Waals surface area (Å²) < 4.78 is 5.28. The van der Waals surface area contributed by atoms with Gasteiger partial charge in [-0.05, 0) is 26.3 Å². The Labute approximate surface area is 134 Å². The molecule has 0 unspecified atom stereocenters. The molecule has 0 saturated carbocycles. The van der Waals surface area contributed by atoms with Crippen LogP contribution in [0.1, 0.15) is 24.1 Å². The number of carbonyl (C=O) groups excluding carboxylic acids is 1. The standard InChI is InChI=1S/C15H24N4O4/c1-11-12(14(21)18-15(22)17-11)3-4-13(20)16-5-2-6-19-7-9-23-10-8-19/h2-10H2,1H3,(H,16,20)(H2,17,18,21,22). The molecule has 128 valence electrons. The molecule has 1 fully saturated rings. The summed E-state index contributed by atoms with van der Waals surface area (Å²) in [5, 5.41) is 2.86. The summed E-state index contributed by atoms with van der Waals surface area (Å²) in [6.07, 6.45) is 1.44. The van der Waals surface area contributed by atoms with Crippen molar-refractivity contribution in [3.05, 3.63) is 32.1 Å².